The summed E-state index contributed by atoms with van der Waals surface area (Å²) >= 11 is 5.72. The van der Waals surface area contributed by atoms with Crippen LogP contribution in [0.1, 0.15) is 0 Å². The van der Waals surface area contributed by atoms with Crippen LogP contribution in [-0.2, 0) is 0 Å². The normalized spacial score (nSPS) is 11.2. The van der Waals surface area contributed by atoms with Crippen LogP contribution in [0.15, 0.2) is 34.9 Å². The molecule has 5 nitrogen and oxygen atoms in total. The molecule has 0 aliphatic rings. The summed E-state index contributed by atoms with van der Waals surface area (Å²) < 4.78 is 0. The first kappa shape index (κ1) is 8.83. The summed E-state index contributed by atoms with van der Waals surface area (Å²) in [6, 6.07) is 3.46. The Kier molecular flexibility index (Phi) is 2.24. The van der Waals surface area contributed by atoms with Crippen LogP contribution in [0.3, 0.4) is 0 Å². The van der Waals surface area contributed by atoms with Gasteiger partial charge in [-0.2, -0.15) is 0 Å². The molecule has 2 rings (SSSR count). The third kappa shape index (κ3) is 1.62. The summed E-state index contributed by atoms with van der Waals surface area (Å²) in [5, 5.41) is 8.99. The number of nitrogens with zero attached hydrogens (tertiary/aromatic N) is 4. The van der Waals surface area contributed by atoms with Crippen molar-refractivity contribution in [1.29, 1.82) is 0 Å². The maximum Gasteiger partial charge on any atom is 0.176 e. The molecule has 0 aliphatic heterocycles. The Labute approximate surface area is 84.6 Å². The van der Waals surface area contributed by atoms with E-state index >= 15 is 0 Å². The van der Waals surface area contributed by atoms with Crippen LogP contribution in [0, 0.1) is 0 Å². The average molecular weight is 208 g/mol. The van der Waals surface area contributed by atoms with E-state index in [0.29, 0.717) is 11.0 Å². The first-order valence-corrected chi connectivity index (χ1v) is 4.19. The number of hydrogen-bond acceptors (Lipinski definition) is 4. The predicted molar refractivity (Wildman–Crippen MR) is 53.3 cm³/mol. The molecular weight excluding hydrogens is 202 g/mol. The Hall–Kier alpha value is -1.75. The molecule has 2 aromatic rings. The van der Waals surface area contributed by atoms with Gasteiger partial charge in [0.05, 0.1) is 0 Å². The maximum atomic E-state index is 5.72. The van der Waals surface area contributed by atoms with Crippen molar-refractivity contribution in [1.82, 2.24) is 9.97 Å². The number of pyridine rings is 2. The number of fused-ring (bicyclic) bond motifs is 1. The molecule has 0 saturated heterocycles. The summed E-state index contributed by atoms with van der Waals surface area (Å²) in [4.78, 5) is 7.95. The lowest BCUT2D eigenvalue weighted by Crippen LogP contribution is -1.81. The SMILES string of the molecule is NN=Nc1cc2cnc(Cl)cc2cn1. The van der Waals surface area contributed by atoms with Crippen LogP contribution in [-0.4, -0.2) is 9.97 Å². The Morgan fingerprint density at radius 2 is 1.86 bits per heavy atom. The minimum Gasteiger partial charge on any atom is -0.305 e. The van der Waals surface area contributed by atoms with E-state index in [1.54, 1.807) is 24.5 Å². The predicted octanol–water partition coefficient (Wildman–Crippen LogP) is 2.24. The van der Waals surface area contributed by atoms with Crippen molar-refractivity contribution in [2.45, 2.75) is 0 Å². The molecule has 2 N–H and O–H groups in total. The molecule has 0 aromatic carbocycles. The van der Waals surface area contributed by atoms with Gasteiger partial charge in [-0.15, -0.1) is 5.11 Å². The van der Waals surface area contributed by atoms with Crippen LogP contribution in [0.5, 0.6) is 0 Å². The second-order valence-corrected chi connectivity index (χ2v) is 3.00. The summed E-state index contributed by atoms with van der Waals surface area (Å²) in [6.07, 6.45) is 3.29. The van der Waals surface area contributed by atoms with Crippen molar-refractivity contribution in [3.8, 4) is 0 Å². The van der Waals surface area contributed by atoms with Crippen LogP contribution in [0.25, 0.3) is 10.8 Å². The third-order valence-corrected chi connectivity index (χ3v) is 1.92. The zero-order chi connectivity index (χ0) is 9.97. The summed E-state index contributed by atoms with van der Waals surface area (Å²) in [7, 11) is 0. The molecule has 70 valence electrons. The van der Waals surface area contributed by atoms with Gasteiger partial charge in [0, 0.05) is 23.2 Å². The molecule has 0 unspecified atom stereocenters. The van der Waals surface area contributed by atoms with Gasteiger partial charge in [0.2, 0.25) is 0 Å². The zero-order valence-electron chi connectivity index (χ0n) is 7.05. The van der Waals surface area contributed by atoms with Crippen molar-refractivity contribution >= 4 is 28.2 Å². The number of rotatable bonds is 1. The molecule has 0 atom stereocenters. The molecule has 6 heteroatoms. The van der Waals surface area contributed by atoms with E-state index in [1.807, 2.05) is 0 Å². The van der Waals surface area contributed by atoms with E-state index in [2.05, 4.69) is 20.3 Å². The number of aromatic nitrogens is 2. The van der Waals surface area contributed by atoms with Gasteiger partial charge in [-0.25, -0.2) is 9.97 Å². The summed E-state index contributed by atoms with van der Waals surface area (Å²) in [5.74, 6) is 5.36. The molecular formula is C8H6ClN5. The topological polar surface area (TPSA) is 76.5 Å². The van der Waals surface area contributed by atoms with Gasteiger partial charge in [0.1, 0.15) is 5.15 Å². The summed E-state index contributed by atoms with van der Waals surface area (Å²) in [5.41, 5.74) is 0. The van der Waals surface area contributed by atoms with Crippen LogP contribution in [0.4, 0.5) is 5.82 Å². The molecule has 0 amide bonds. The lowest BCUT2D eigenvalue weighted by atomic mass is 10.2. The van der Waals surface area contributed by atoms with E-state index in [1.165, 1.54) is 0 Å². The number of halogens is 1. The molecule has 14 heavy (non-hydrogen) atoms. The third-order valence-electron chi connectivity index (χ3n) is 1.72. The van der Waals surface area contributed by atoms with Gasteiger partial charge in [0.25, 0.3) is 0 Å². The highest BCUT2D eigenvalue weighted by Crippen LogP contribution is 2.19. The quantitative estimate of drug-likeness (QED) is 0.337. The highest BCUT2D eigenvalue weighted by Gasteiger charge is 1.98. The fraction of sp³-hybridized carbons (Fsp3) is 0. The number of hydrogen-bond donors (Lipinski definition) is 1. The minimum atomic E-state index is 0.438. The van der Waals surface area contributed by atoms with Gasteiger partial charge < -0.3 is 5.84 Å². The first-order chi connectivity index (χ1) is 6.79. The molecule has 2 heterocycles. The first-order valence-electron chi connectivity index (χ1n) is 3.82. The van der Waals surface area contributed by atoms with Gasteiger partial charge in [-0.1, -0.05) is 16.8 Å². The molecule has 0 aliphatic carbocycles. The van der Waals surface area contributed by atoms with Gasteiger partial charge in [-0.05, 0) is 12.1 Å². The fourth-order valence-corrected chi connectivity index (χ4v) is 1.28. The fourth-order valence-electron chi connectivity index (χ4n) is 1.11. The Bertz CT molecular complexity index is 496. The van der Waals surface area contributed by atoms with Crippen LogP contribution < -0.4 is 5.84 Å². The van der Waals surface area contributed by atoms with Crippen molar-refractivity contribution in [3.05, 3.63) is 29.7 Å². The molecule has 0 radical (unpaired) electrons. The minimum absolute atomic E-state index is 0.438. The zero-order valence-corrected chi connectivity index (χ0v) is 7.81. The molecule has 0 saturated carbocycles. The smallest absolute Gasteiger partial charge is 0.176 e. The Balaban J connectivity index is 2.61. The van der Waals surface area contributed by atoms with E-state index in [0.717, 1.165) is 10.8 Å². The van der Waals surface area contributed by atoms with E-state index < -0.39 is 0 Å². The molecule has 0 fully saturated rings. The van der Waals surface area contributed by atoms with Crippen LogP contribution in [0.2, 0.25) is 5.15 Å². The largest absolute Gasteiger partial charge is 0.305 e. The average Bonchev–Trinajstić information content (AvgIpc) is 2.19. The Morgan fingerprint density at radius 3 is 2.64 bits per heavy atom. The van der Waals surface area contributed by atoms with E-state index in [9.17, 15) is 0 Å². The van der Waals surface area contributed by atoms with Gasteiger partial charge in [0.15, 0.2) is 5.82 Å². The van der Waals surface area contributed by atoms with Gasteiger partial charge >= 0.3 is 0 Å². The van der Waals surface area contributed by atoms with Crippen molar-refractivity contribution < 1.29 is 0 Å². The maximum absolute atomic E-state index is 5.72. The lowest BCUT2D eigenvalue weighted by molar-refractivity contribution is 1.04. The Morgan fingerprint density at radius 1 is 1.14 bits per heavy atom. The highest BCUT2D eigenvalue weighted by molar-refractivity contribution is 6.30. The second-order valence-electron chi connectivity index (χ2n) is 2.61. The van der Waals surface area contributed by atoms with Gasteiger partial charge in [-0.3, -0.25) is 0 Å². The lowest BCUT2D eigenvalue weighted by Gasteiger charge is -1.97. The van der Waals surface area contributed by atoms with Crippen LogP contribution >= 0.6 is 11.6 Å². The monoisotopic (exact) mass is 207 g/mol. The molecule has 2 aromatic heterocycles. The standard InChI is InChI=1S/C8H6ClN5/c9-7-1-5-4-12-8(13-14-10)2-6(5)3-11-7/h1-4H,(H2,10,12,13). The molecule has 0 bridgehead atoms. The second kappa shape index (κ2) is 3.55. The van der Waals surface area contributed by atoms with Crippen molar-refractivity contribution in [3.63, 3.8) is 0 Å². The van der Waals surface area contributed by atoms with E-state index in [-0.39, 0.29) is 0 Å². The van der Waals surface area contributed by atoms with Crippen molar-refractivity contribution in [2.75, 3.05) is 0 Å². The number of nitrogens with two attached hydrogens (primary N) is 1. The van der Waals surface area contributed by atoms with E-state index in [4.69, 9.17) is 17.4 Å². The summed E-state index contributed by atoms with van der Waals surface area (Å²) in [6.45, 7) is 0. The highest BCUT2D eigenvalue weighted by atomic mass is 35.5. The molecule has 0 spiro atoms. The van der Waals surface area contributed by atoms with Crippen molar-refractivity contribution in [2.24, 2.45) is 16.2 Å².